The zero-order chi connectivity index (χ0) is 6.97. The molecule has 1 heteroatoms. The Morgan fingerprint density at radius 3 is 2.90 bits per heavy atom. The van der Waals surface area contributed by atoms with Gasteiger partial charge in [0.15, 0.2) is 0 Å². The van der Waals surface area contributed by atoms with E-state index in [9.17, 15) is 0 Å². The molecule has 0 spiro atoms. The van der Waals surface area contributed by atoms with Crippen LogP contribution in [0.1, 0.15) is 19.3 Å². The third-order valence-electron chi connectivity index (χ3n) is 2.05. The standard InChI is InChI=1S/C9H11N/c10-9-3-1-2-8(6-9)7-4-5-7/h1,6-7H,2,4-5,10H2. The highest BCUT2D eigenvalue weighted by Crippen LogP contribution is 2.39. The van der Waals surface area contributed by atoms with Gasteiger partial charge in [-0.15, -0.1) is 0 Å². The minimum atomic E-state index is 0.799. The van der Waals surface area contributed by atoms with Gasteiger partial charge in [0.1, 0.15) is 0 Å². The summed E-state index contributed by atoms with van der Waals surface area (Å²) in [5.41, 5.74) is 10.9. The highest BCUT2D eigenvalue weighted by molar-refractivity contribution is 5.29. The predicted molar refractivity (Wildman–Crippen MR) is 41.2 cm³/mol. The van der Waals surface area contributed by atoms with Crippen LogP contribution in [0, 0.1) is 5.92 Å². The molecule has 0 unspecified atom stereocenters. The lowest BCUT2D eigenvalue weighted by molar-refractivity contribution is 0.941. The molecule has 52 valence electrons. The van der Waals surface area contributed by atoms with Crippen molar-refractivity contribution in [1.29, 1.82) is 0 Å². The van der Waals surface area contributed by atoms with Crippen LogP contribution in [0.5, 0.6) is 0 Å². The first kappa shape index (κ1) is 5.82. The van der Waals surface area contributed by atoms with Gasteiger partial charge in [-0.1, -0.05) is 11.3 Å². The summed E-state index contributed by atoms with van der Waals surface area (Å²) in [6.45, 7) is 0. The van der Waals surface area contributed by atoms with Crippen molar-refractivity contribution in [3.8, 4) is 0 Å². The Bertz CT molecular complexity index is 237. The van der Waals surface area contributed by atoms with Gasteiger partial charge in [-0.25, -0.2) is 0 Å². The van der Waals surface area contributed by atoms with Crippen molar-refractivity contribution < 1.29 is 0 Å². The minimum Gasteiger partial charge on any atom is -0.392 e. The molecule has 1 saturated carbocycles. The van der Waals surface area contributed by atoms with Gasteiger partial charge < -0.3 is 5.73 Å². The zero-order valence-corrected chi connectivity index (χ0v) is 5.93. The van der Waals surface area contributed by atoms with E-state index >= 15 is 0 Å². The van der Waals surface area contributed by atoms with Crippen molar-refractivity contribution in [2.45, 2.75) is 19.3 Å². The summed E-state index contributed by atoms with van der Waals surface area (Å²) in [6.07, 6.45) is 7.92. The smallest absolute Gasteiger partial charge is 0.0744 e. The summed E-state index contributed by atoms with van der Waals surface area (Å²) in [4.78, 5) is 0. The average Bonchev–Trinajstić information content (AvgIpc) is 2.68. The number of allylic oxidation sites excluding steroid dienone is 2. The molecule has 0 atom stereocenters. The molecular formula is C9H11N. The summed E-state index contributed by atoms with van der Waals surface area (Å²) in [5, 5.41) is 0. The van der Waals surface area contributed by atoms with Crippen LogP contribution in [0.2, 0.25) is 0 Å². The fourth-order valence-electron chi connectivity index (χ4n) is 1.33. The molecule has 0 amide bonds. The van der Waals surface area contributed by atoms with Crippen LogP contribution < -0.4 is 5.73 Å². The van der Waals surface area contributed by atoms with Gasteiger partial charge in [0.2, 0.25) is 0 Å². The second kappa shape index (κ2) is 2.03. The molecule has 0 aromatic carbocycles. The van der Waals surface area contributed by atoms with Crippen LogP contribution in [0.4, 0.5) is 0 Å². The molecule has 0 heterocycles. The van der Waals surface area contributed by atoms with Crippen LogP contribution in [-0.4, -0.2) is 0 Å². The number of hydrogen-bond donors (Lipinski definition) is 1. The van der Waals surface area contributed by atoms with Gasteiger partial charge in [-0.3, -0.25) is 0 Å². The van der Waals surface area contributed by atoms with Crippen LogP contribution in [0.15, 0.2) is 29.2 Å². The summed E-state index contributed by atoms with van der Waals surface area (Å²) in [5.74, 6) is 0.858. The maximum atomic E-state index is 5.59. The largest absolute Gasteiger partial charge is 0.392 e. The van der Waals surface area contributed by atoms with Gasteiger partial charge in [0, 0.05) is 0 Å². The van der Waals surface area contributed by atoms with E-state index in [0.717, 1.165) is 18.0 Å². The van der Waals surface area contributed by atoms with Crippen molar-refractivity contribution in [3.05, 3.63) is 29.2 Å². The predicted octanol–water partition coefficient (Wildman–Crippen LogP) is 1.72. The maximum absolute atomic E-state index is 5.59. The first-order chi connectivity index (χ1) is 4.86. The number of rotatable bonds is 1. The van der Waals surface area contributed by atoms with E-state index in [4.69, 9.17) is 5.73 Å². The SMILES string of the molecule is NC1=C=CCC(C2CC2)=C1. The van der Waals surface area contributed by atoms with Gasteiger partial charge in [0.05, 0.1) is 5.70 Å². The molecule has 0 aromatic heterocycles. The third-order valence-corrected chi connectivity index (χ3v) is 2.05. The lowest BCUT2D eigenvalue weighted by Gasteiger charge is -2.04. The Kier molecular flexibility index (Phi) is 1.18. The molecule has 0 aromatic rings. The van der Waals surface area contributed by atoms with Crippen LogP contribution in [0.3, 0.4) is 0 Å². The Balaban J connectivity index is 2.19. The monoisotopic (exact) mass is 133 g/mol. The average molecular weight is 133 g/mol. The lowest BCUT2D eigenvalue weighted by atomic mass is 10.0. The fourth-order valence-corrected chi connectivity index (χ4v) is 1.33. The van der Waals surface area contributed by atoms with Crippen LogP contribution in [0.25, 0.3) is 0 Å². The Morgan fingerprint density at radius 2 is 2.30 bits per heavy atom. The summed E-state index contributed by atoms with van der Waals surface area (Å²) < 4.78 is 0. The van der Waals surface area contributed by atoms with E-state index in [0.29, 0.717) is 0 Å². The topological polar surface area (TPSA) is 26.0 Å². The molecule has 1 fully saturated rings. The van der Waals surface area contributed by atoms with Crippen molar-refractivity contribution in [1.82, 2.24) is 0 Å². The maximum Gasteiger partial charge on any atom is 0.0744 e. The van der Waals surface area contributed by atoms with E-state index in [2.05, 4.69) is 11.8 Å². The summed E-state index contributed by atoms with van der Waals surface area (Å²) >= 11 is 0. The van der Waals surface area contributed by atoms with Gasteiger partial charge >= 0.3 is 0 Å². The van der Waals surface area contributed by atoms with Crippen molar-refractivity contribution in [2.75, 3.05) is 0 Å². The van der Waals surface area contributed by atoms with Crippen LogP contribution >= 0.6 is 0 Å². The molecule has 2 aliphatic carbocycles. The molecule has 0 bridgehead atoms. The normalized spacial score (nSPS) is 24.0. The molecule has 0 saturated heterocycles. The summed E-state index contributed by atoms with van der Waals surface area (Å²) in [6, 6.07) is 0. The third kappa shape index (κ3) is 1.01. The second-order valence-corrected chi connectivity index (χ2v) is 3.00. The fraction of sp³-hybridized carbons (Fsp3) is 0.444. The molecule has 2 aliphatic rings. The Hall–Kier alpha value is -0.940. The molecule has 10 heavy (non-hydrogen) atoms. The number of nitrogens with two attached hydrogens (primary N) is 1. The molecule has 0 aliphatic heterocycles. The quantitative estimate of drug-likeness (QED) is 0.541. The van der Waals surface area contributed by atoms with E-state index in [1.807, 2.05) is 6.08 Å². The molecule has 2 rings (SSSR count). The zero-order valence-electron chi connectivity index (χ0n) is 5.93. The Morgan fingerprint density at radius 1 is 1.50 bits per heavy atom. The minimum absolute atomic E-state index is 0.799. The number of hydrogen-bond acceptors (Lipinski definition) is 1. The highest BCUT2D eigenvalue weighted by atomic mass is 14.6. The molecular weight excluding hydrogens is 122 g/mol. The van der Waals surface area contributed by atoms with Gasteiger partial charge in [-0.2, -0.15) is 0 Å². The van der Waals surface area contributed by atoms with Crippen molar-refractivity contribution >= 4 is 0 Å². The molecule has 2 N–H and O–H groups in total. The second-order valence-electron chi connectivity index (χ2n) is 3.00. The van der Waals surface area contributed by atoms with Gasteiger partial charge in [0.25, 0.3) is 0 Å². The molecule has 0 radical (unpaired) electrons. The van der Waals surface area contributed by atoms with E-state index in [1.54, 1.807) is 0 Å². The Labute approximate surface area is 60.9 Å². The highest BCUT2D eigenvalue weighted by Gasteiger charge is 2.25. The first-order valence-electron chi connectivity index (χ1n) is 3.77. The van der Waals surface area contributed by atoms with Crippen molar-refractivity contribution in [3.63, 3.8) is 0 Å². The molecule has 1 nitrogen and oxygen atoms in total. The van der Waals surface area contributed by atoms with Gasteiger partial charge in [-0.05, 0) is 37.3 Å². The van der Waals surface area contributed by atoms with Crippen LogP contribution in [-0.2, 0) is 0 Å². The first-order valence-corrected chi connectivity index (χ1v) is 3.77. The summed E-state index contributed by atoms with van der Waals surface area (Å²) in [7, 11) is 0. The van der Waals surface area contributed by atoms with E-state index in [-0.39, 0.29) is 0 Å². The lowest BCUT2D eigenvalue weighted by Crippen LogP contribution is -1.97. The van der Waals surface area contributed by atoms with E-state index < -0.39 is 0 Å². The van der Waals surface area contributed by atoms with Crippen molar-refractivity contribution in [2.24, 2.45) is 11.7 Å². The van der Waals surface area contributed by atoms with E-state index in [1.165, 1.54) is 18.4 Å².